The molecule has 0 unspecified atom stereocenters. The van der Waals surface area contributed by atoms with Gasteiger partial charge in [0.25, 0.3) is 0 Å². The van der Waals surface area contributed by atoms with Crippen molar-refractivity contribution in [1.82, 2.24) is 4.98 Å². The van der Waals surface area contributed by atoms with E-state index < -0.39 is 5.54 Å². The summed E-state index contributed by atoms with van der Waals surface area (Å²) in [6, 6.07) is 8.38. The van der Waals surface area contributed by atoms with Crippen molar-refractivity contribution in [1.29, 1.82) is 0 Å². The van der Waals surface area contributed by atoms with E-state index in [-0.39, 0.29) is 0 Å². The van der Waals surface area contributed by atoms with Crippen LogP contribution >= 0.6 is 11.3 Å². The average Bonchev–Trinajstić information content (AvgIpc) is 2.83. The maximum absolute atomic E-state index is 6.25. The summed E-state index contributed by atoms with van der Waals surface area (Å²) in [5, 5.41) is 0.987. The van der Waals surface area contributed by atoms with Crippen LogP contribution in [0.1, 0.15) is 24.4 Å². The Hall–Kier alpha value is -1.43. The van der Waals surface area contributed by atoms with Crippen molar-refractivity contribution in [3.8, 4) is 10.6 Å². The lowest BCUT2D eigenvalue weighted by molar-refractivity contribution is 0.180. The second-order valence-electron chi connectivity index (χ2n) is 5.89. The van der Waals surface area contributed by atoms with Gasteiger partial charge in [0, 0.05) is 42.9 Å². The molecule has 2 rings (SSSR count). The lowest BCUT2D eigenvalue weighted by Crippen LogP contribution is -2.28. The minimum absolute atomic E-state index is 0.409. The van der Waals surface area contributed by atoms with E-state index in [0.717, 1.165) is 21.1 Å². The van der Waals surface area contributed by atoms with Crippen LogP contribution in [0.5, 0.6) is 0 Å². The smallest absolute Gasteiger partial charge is 0.124 e. The Bertz CT molecular complexity index is 597. The number of hydrogen-bond donors (Lipinski definition) is 1. The van der Waals surface area contributed by atoms with Crippen LogP contribution in [0.4, 0.5) is 5.69 Å². The van der Waals surface area contributed by atoms with Crippen molar-refractivity contribution in [3.63, 3.8) is 0 Å². The zero-order valence-corrected chi connectivity index (χ0v) is 14.1. The van der Waals surface area contributed by atoms with Gasteiger partial charge in [-0.3, -0.25) is 0 Å². The average molecular weight is 305 g/mol. The molecule has 1 aromatic heterocycles. The maximum Gasteiger partial charge on any atom is 0.124 e. The van der Waals surface area contributed by atoms with Gasteiger partial charge in [-0.05, 0) is 38.1 Å². The van der Waals surface area contributed by atoms with Crippen LogP contribution in [0.15, 0.2) is 24.3 Å². The SMILES string of the molecule is COCc1nc(-c2ccc(N(C)C)cc2)sc1C(C)(C)N. The van der Waals surface area contributed by atoms with Crippen LogP contribution < -0.4 is 10.6 Å². The first-order valence-electron chi connectivity index (χ1n) is 6.88. The van der Waals surface area contributed by atoms with Crippen LogP contribution in [-0.4, -0.2) is 26.2 Å². The van der Waals surface area contributed by atoms with E-state index in [1.54, 1.807) is 18.4 Å². The van der Waals surface area contributed by atoms with Crippen LogP contribution in [0, 0.1) is 0 Å². The number of thiazole rings is 1. The third-order valence-electron chi connectivity index (χ3n) is 3.19. The second-order valence-corrected chi connectivity index (χ2v) is 6.89. The Morgan fingerprint density at radius 1 is 1.24 bits per heavy atom. The number of ether oxygens (including phenoxy) is 1. The molecule has 0 radical (unpaired) electrons. The van der Waals surface area contributed by atoms with E-state index in [0.29, 0.717) is 6.61 Å². The molecular weight excluding hydrogens is 282 g/mol. The first-order valence-corrected chi connectivity index (χ1v) is 7.70. The molecule has 21 heavy (non-hydrogen) atoms. The largest absolute Gasteiger partial charge is 0.378 e. The van der Waals surface area contributed by atoms with E-state index in [4.69, 9.17) is 15.5 Å². The molecule has 0 saturated carbocycles. The van der Waals surface area contributed by atoms with Gasteiger partial charge < -0.3 is 15.4 Å². The van der Waals surface area contributed by atoms with Gasteiger partial charge in [-0.15, -0.1) is 11.3 Å². The summed E-state index contributed by atoms with van der Waals surface area (Å²) in [6.45, 7) is 4.49. The van der Waals surface area contributed by atoms with Gasteiger partial charge in [0.1, 0.15) is 5.01 Å². The Kier molecular flexibility index (Phi) is 4.66. The maximum atomic E-state index is 6.25. The predicted octanol–water partition coefficient (Wildman–Crippen LogP) is 3.22. The van der Waals surface area contributed by atoms with E-state index in [1.165, 1.54) is 5.69 Å². The van der Waals surface area contributed by atoms with Crippen LogP contribution in [0.25, 0.3) is 10.6 Å². The summed E-state index contributed by atoms with van der Waals surface area (Å²) in [7, 11) is 5.74. The van der Waals surface area contributed by atoms with E-state index in [9.17, 15) is 0 Å². The summed E-state index contributed by atoms with van der Waals surface area (Å²) in [6.07, 6.45) is 0. The summed E-state index contributed by atoms with van der Waals surface area (Å²) in [5.41, 5.74) is 9.06. The van der Waals surface area contributed by atoms with Crippen LogP contribution in [0.2, 0.25) is 0 Å². The van der Waals surface area contributed by atoms with E-state index >= 15 is 0 Å². The van der Waals surface area contributed by atoms with E-state index in [2.05, 4.69) is 29.2 Å². The summed E-state index contributed by atoms with van der Waals surface area (Å²) in [4.78, 5) is 7.87. The Labute approximate surface area is 130 Å². The zero-order valence-electron chi connectivity index (χ0n) is 13.3. The fourth-order valence-electron chi connectivity index (χ4n) is 2.12. The lowest BCUT2D eigenvalue weighted by Gasteiger charge is -2.17. The molecule has 1 aromatic carbocycles. The van der Waals surface area contributed by atoms with Gasteiger partial charge in [-0.25, -0.2) is 4.98 Å². The molecule has 0 aliphatic rings. The topological polar surface area (TPSA) is 51.4 Å². The number of nitrogens with two attached hydrogens (primary N) is 1. The Morgan fingerprint density at radius 3 is 2.33 bits per heavy atom. The van der Waals surface area contributed by atoms with E-state index in [1.807, 2.05) is 27.9 Å². The first kappa shape index (κ1) is 15.9. The van der Waals surface area contributed by atoms with Gasteiger partial charge in [-0.1, -0.05) is 0 Å². The normalized spacial score (nSPS) is 11.7. The molecule has 0 aliphatic carbocycles. The van der Waals surface area contributed by atoms with Crippen molar-refractivity contribution < 1.29 is 4.74 Å². The summed E-state index contributed by atoms with van der Waals surface area (Å²) in [5.74, 6) is 0. The Balaban J connectivity index is 2.40. The van der Waals surface area contributed by atoms with Crippen LogP contribution in [0.3, 0.4) is 0 Å². The van der Waals surface area contributed by atoms with Gasteiger partial charge in [-0.2, -0.15) is 0 Å². The molecule has 0 bridgehead atoms. The van der Waals surface area contributed by atoms with Crippen molar-refractivity contribution in [2.24, 2.45) is 5.73 Å². The molecule has 0 atom stereocenters. The number of methoxy groups -OCH3 is 1. The van der Waals surface area contributed by atoms with Crippen molar-refractivity contribution in [2.75, 3.05) is 26.1 Å². The molecule has 4 nitrogen and oxygen atoms in total. The molecule has 0 saturated heterocycles. The monoisotopic (exact) mass is 305 g/mol. The highest BCUT2D eigenvalue weighted by Gasteiger charge is 2.23. The molecule has 2 N–H and O–H groups in total. The third kappa shape index (κ3) is 3.61. The number of hydrogen-bond acceptors (Lipinski definition) is 5. The predicted molar refractivity (Wildman–Crippen MR) is 89.8 cm³/mol. The minimum atomic E-state index is -0.409. The highest BCUT2D eigenvalue weighted by Crippen LogP contribution is 2.34. The lowest BCUT2D eigenvalue weighted by atomic mass is 10.0. The van der Waals surface area contributed by atoms with Gasteiger partial charge >= 0.3 is 0 Å². The number of benzene rings is 1. The standard InChI is InChI=1S/C16H23N3OS/c1-16(2,17)14-13(10-20-5)18-15(21-14)11-6-8-12(9-7-11)19(3)4/h6-9H,10,17H2,1-5H3. The highest BCUT2D eigenvalue weighted by atomic mass is 32.1. The minimum Gasteiger partial charge on any atom is -0.378 e. The highest BCUT2D eigenvalue weighted by molar-refractivity contribution is 7.15. The van der Waals surface area contributed by atoms with Gasteiger partial charge in [0.2, 0.25) is 0 Å². The third-order valence-corrected chi connectivity index (χ3v) is 4.68. The number of anilines is 1. The van der Waals surface area contributed by atoms with Crippen LogP contribution in [-0.2, 0) is 16.9 Å². The molecular formula is C16H23N3OS. The molecule has 2 aromatic rings. The fraction of sp³-hybridized carbons (Fsp3) is 0.438. The summed E-state index contributed by atoms with van der Waals surface area (Å²) >= 11 is 1.64. The second kappa shape index (κ2) is 6.13. The van der Waals surface area contributed by atoms with Crippen molar-refractivity contribution in [2.45, 2.75) is 26.0 Å². The first-order chi connectivity index (χ1) is 9.82. The quantitative estimate of drug-likeness (QED) is 0.921. The molecule has 0 aliphatic heterocycles. The number of nitrogens with zero attached hydrogens (tertiary/aromatic N) is 2. The number of rotatable bonds is 5. The van der Waals surface area contributed by atoms with Gasteiger partial charge in [0.15, 0.2) is 0 Å². The van der Waals surface area contributed by atoms with Gasteiger partial charge in [0.05, 0.1) is 12.3 Å². The zero-order chi connectivity index (χ0) is 15.6. The van der Waals surface area contributed by atoms with Crippen molar-refractivity contribution in [3.05, 3.63) is 34.8 Å². The molecule has 1 heterocycles. The van der Waals surface area contributed by atoms with Crippen molar-refractivity contribution >= 4 is 17.0 Å². The fourth-order valence-corrected chi connectivity index (χ4v) is 3.20. The molecule has 0 spiro atoms. The molecule has 0 fully saturated rings. The summed E-state index contributed by atoms with van der Waals surface area (Å²) < 4.78 is 5.25. The molecule has 0 amide bonds. The Morgan fingerprint density at radius 2 is 1.86 bits per heavy atom. The number of aromatic nitrogens is 1. The molecule has 114 valence electrons. The molecule has 5 heteroatoms.